The van der Waals surface area contributed by atoms with E-state index < -0.39 is 11.7 Å². The van der Waals surface area contributed by atoms with Crippen LogP contribution in [-0.2, 0) is 9.53 Å². The molecule has 2 N–H and O–H groups in total. The van der Waals surface area contributed by atoms with Crippen LogP contribution in [0.3, 0.4) is 0 Å². The van der Waals surface area contributed by atoms with E-state index in [1.54, 1.807) is 51.1 Å². The minimum absolute atomic E-state index is 0.164. The lowest BCUT2D eigenvalue weighted by atomic mass is 10.2. The van der Waals surface area contributed by atoms with Crippen LogP contribution in [0, 0.1) is 0 Å². The summed E-state index contributed by atoms with van der Waals surface area (Å²) >= 11 is 0. The Morgan fingerprint density at radius 3 is 2.43 bits per heavy atom. The van der Waals surface area contributed by atoms with Crippen LogP contribution in [0.2, 0.25) is 0 Å². The summed E-state index contributed by atoms with van der Waals surface area (Å²) in [6.07, 6.45) is 0.811. The minimum atomic E-state index is -0.645. The molecule has 30 heavy (non-hydrogen) atoms. The highest BCUT2D eigenvalue weighted by atomic mass is 16.6. The number of nitrogens with one attached hydrogen (secondary N) is 2. The molecule has 8 heteroatoms. The molecule has 0 heterocycles. The topological polar surface area (TPSA) is 98.2 Å². The highest BCUT2D eigenvalue weighted by Crippen LogP contribution is 2.28. The molecule has 2 rings (SSSR count). The van der Waals surface area contributed by atoms with Crippen molar-refractivity contribution in [2.45, 2.75) is 33.3 Å². The van der Waals surface area contributed by atoms with Crippen molar-refractivity contribution >= 4 is 23.9 Å². The molecule has 0 aliphatic heterocycles. The standard InChI is InChI=1S/C22H27N3O5/c1-5-28-19-13-16(14-23-25-21(27)30-22(2,3)4)11-12-18(19)29-15-20(26)24-17-9-7-6-8-10-17/h6-14H,5,15H2,1-4H3,(H,24,26)(H,25,27)/b23-14-. The number of carbonyl (C=O) groups excluding carboxylic acids is 2. The van der Waals surface area contributed by atoms with E-state index >= 15 is 0 Å². The summed E-state index contributed by atoms with van der Waals surface area (Å²) in [5.41, 5.74) is 3.07. The molecular weight excluding hydrogens is 386 g/mol. The number of rotatable bonds is 8. The second-order valence-corrected chi connectivity index (χ2v) is 7.21. The summed E-state index contributed by atoms with van der Waals surface area (Å²) < 4.78 is 16.3. The smallest absolute Gasteiger partial charge is 0.428 e. The van der Waals surface area contributed by atoms with Crippen molar-refractivity contribution in [1.82, 2.24) is 5.43 Å². The molecule has 2 amide bonds. The number of benzene rings is 2. The zero-order valence-electron chi connectivity index (χ0n) is 17.6. The Hall–Kier alpha value is -3.55. The van der Waals surface area contributed by atoms with Gasteiger partial charge >= 0.3 is 6.09 Å². The summed E-state index contributed by atoms with van der Waals surface area (Å²) in [4.78, 5) is 23.7. The van der Waals surface area contributed by atoms with Crippen LogP contribution in [0.1, 0.15) is 33.3 Å². The Balaban J connectivity index is 1.96. The first-order valence-electron chi connectivity index (χ1n) is 9.53. The Morgan fingerprint density at radius 1 is 1.03 bits per heavy atom. The number of carbonyl (C=O) groups is 2. The minimum Gasteiger partial charge on any atom is -0.490 e. The van der Waals surface area contributed by atoms with Gasteiger partial charge in [-0.3, -0.25) is 4.79 Å². The largest absolute Gasteiger partial charge is 0.490 e. The van der Waals surface area contributed by atoms with E-state index in [-0.39, 0.29) is 12.5 Å². The first kappa shape index (κ1) is 22.7. The number of ether oxygens (including phenoxy) is 3. The van der Waals surface area contributed by atoms with Crippen molar-refractivity contribution in [2.75, 3.05) is 18.5 Å². The van der Waals surface area contributed by atoms with Gasteiger partial charge in [-0.25, -0.2) is 10.2 Å². The summed E-state index contributed by atoms with van der Waals surface area (Å²) in [5, 5.41) is 6.62. The summed E-state index contributed by atoms with van der Waals surface area (Å²) in [6.45, 7) is 7.40. The third-order valence-electron chi connectivity index (χ3n) is 3.45. The fourth-order valence-corrected chi connectivity index (χ4v) is 2.31. The number of amides is 2. The zero-order chi connectivity index (χ0) is 22.0. The maximum atomic E-state index is 12.1. The lowest BCUT2D eigenvalue weighted by Crippen LogP contribution is -2.29. The van der Waals surface area contributed by atoms with Gasteiger partial charge in [0.1, 0.15) is 5.60 Å². The molecule has 0 unspecified atom stereocenters. The Kier molecular flexibility index (Phi) is 8.22. The third kappa shape index (κ3) is 8.22. The van der Waals surface area contributed by atoms with Gasteiger partial charge in [0.2, 0.25) is 0 Å². The van der Waals surface area contributed by atoms with Crippen LogP contribution < -0.4 is 20.2 Å². The van der Waals surface area contributed by atoms with E-state index in [0.717, 1.165) is 0 Å². The Bertz CT molecular complexity index is 876. The van der Waals surface area contributed by atoms with Gasteiger partial charge in [0.15, 0.2) is 18.1 Å². The van der Waals surface area contributed by atoms with Crippen molar-refractivity contribution in [3.05, 3.63) is 54.1 Å². The fourth-order valence-electron chi connectivity index (χ4n) is 2.31. The molecule has 0 aliphatic rings. The highest BCUT2D eigenvalue weighted by Gasteiger charge is 2.15. The van der Waals surface area contributed by atoms with Crippen LogP contribution in [0.15, 0.2) is 53.6 Å². The molecule has 0 aliphatic carbocycles. The highest BCUT2D eigenvalue weighted by molar-refractivity contribution is 5.91. The van der Waals surface area contributed by atoms with E-state index in [0.29, 0.717) is 29.4 Å². The maximum Gasteiger partial charge on any atom is 0.428 e. The number of hydrogen-bond acceptors (Lipinski definition) is 6. The third-order valence-corrected chi connectivity index (χ3v) is 3.45. The lowest BCUT2D eigenvalue weighted by Gasteiger charge is -2.18. The number of hydrazone groups is 1. The number of anilines is 1. The molecule has 2 aromatic rings. The van der Waals surface area contributed by atoms with Gasteiger partial charge in [-0.15, -0.1) is 0 Å². The lowest BCUT2D eigenvalue weighted by molar-refractivity contribution is -0.118. The summed E-state index contributed by atoms with van der Waals surface area (Å²) in [6, 6.07) is 14.2. The quantitative estimate of drug-likeness (QED) is 0.504. The number of hydrogen-bond donors (Lipinski definition) is 2. The molecule has 160 valence electrons. The molecular formula is C22H27N3O5. The molecule has 0 aromatic heterocycles. The van der Waals surface area contributed by atoms with E-state index in [2.05, 4.69) is 15.8 Å². The summed E-state index contributed by atoms with van der Waals surface area (Å²) in [5.74, 6) is 0.611. The molecule has 8 nitrogen and oxygen atoms in total. The SMILES string of the molecule is CCOc1cc(/C=N\NC(=O)OC(C)(C)C)ccc1OCC(=O)Nc1ccccc1. The van der Waals surface area contributed by atoms with Crippen LogP contribution >= 0.6 is 0 Å². The van der Waals surface area contributed by atoms with Crippen LogP contribution in [0.25, 0.3) is 0 Å². The van der Waals surface area contributed by atoms with Gasteiger partial charge in [0.05, 0.1) is 12.8 Å². The van der Waals surface area contributed by atoms with E-state index in [9.17, 15) is 9.59 Å². The average Bonchev–Trinajstić information content (AvgIpc) is 2.67. The van der Waals surface area contributed by atoms with Crippen LogP contribution in [0.5, 0.6) is 11.5 Å². The van der Waals surface area contributed by atoms with Gasteiger partial charge < -0.3 is 19.5 Å². The van der Waals surface area contributed by atoms with E-state index in [4.69, 9.17) is 14.2 Å². The average molecular weight is 413 g/mol. The van der Waals surface area contributed by atoms with Crippen molar-refractivity contribution in [2.24, 2.45) is 5.10 Å². The van der Waals surface area contributed by atoms with Crippen molar-refractivity contribution in [3.63, 3.8) is 0 Å². The predicted molar refractivity (Wildman–Crippen MR) is 115 cm³/mol. The number of para-hydroxylation sites is 1. The van der Waals surface area contributed by atoms with E-state index in [1.165, 1.54) is 6.21 Å². The van der Waals surface area contributed by atoms with Crippen molar-refractivity contribution in [3.8, 4) is 11.5 Å². The van der Waals surface area contributed by atoms with Crippen molar-refractivity contribution < 1.29 is 23.8 Å². The second kappa shape index (κ2) is 10.8. The van der Waals surface area contributed by atoms with Crippen LogP contribution in [0.4, 0.5) is 10.5 Å². The molecule has 0 radical (unpaired) electrons. The predicted octanol–water partition coefficient (Wildman–Crippen LogP) is 3.96. The molecule has 0 saturated heterocycles. The van der Waals surface area contributed by atoms with Gasteiger partial charge in [0.25, 0.3) is 5.91 Å². The van der Waals surface area contributed by atoms with Gasteiger partial charge in [-0.05, 0) is 63.6 Å². The summed E-state index contributed by atoms with van der Waals surface area (Å²) in [7, 11) is 0. The molecule has 0 spiro atoms. The van der Waals surface area contributed by atoms with Gasteiger partial charge in [0, 0.05) is 5.69 Å². The second-order valence-electron chi connectivity index (χ2n) is 7.21. The first-order chi connectivity index (χ1) is 14.3. The fraction of sp³-hybridized carbons (Fsp3) is 0.318. The van der Waals surface area contributed by atoms with Crippen molar-refractivity contribution in [1.29, 1.82) is 0 Å². The van der Waals surface area contributed by atoms with Crippen LogP contribution in [-0.4, -0.2) is 37.0 Å². The Labute approximate surface area is 176 Å². The molecule has 0 fully saturated rings. The monoisotopic (exact) mass is 413 g/mol. The zero-order valence-corrected chi connectivity index (χ0v) is 17.6. The molecule has 0 saturated carbocycles. The Morgan fingerprint density at radius 2 is 1.77 bits per heavy atom. The van der Waals surface area contributed by atoms with E-state index in [1.807, 2.05) is 25.1 Å². The normalized spacial score (nSPS) is 11.1. The molecule has 2 aromatic carbocycles. The maximum absolute atomic E-state index is 12.1. The number of nitrogens with zero attached hydrogens (tertiary/aromatic N) is 1. The first-order valence-corrected chi connectivity index (χ1v) is 9.53. The molecule has 0 atom stereocenters. The molecule has 0 bridgehead atoms. The van der Waals surface area contributed by atoms with Gasteiger partial charge in [-0.1, -0.05) is 18.2 Å². The van der Waals surface area contributed by atoms with Gasteiger partial charge in [-0.2, -0.15) is 5.10 Å².